The van der Waals surface area contributed by atoms with E-state index < -0.39 is 0 Å². The van der Waals surface area contributed by atoms with Crippen LogP contribution in [-0.4, -0.2) is 20.6 Å². The second-order valence-corrected chi connectivity index (χ2v) is 6.02. The predicted octanol–water partition coefficient (Wildman–Crippen LogP) is 3.03. The minimum Gasteiger partial charge on any atom is -0.350 e. The molecule has 0 amide bonds. The topological polar surface area (TPSA) is 42.2 Å². The number of nitrogens with zero attached hydrogens (tertiary/aromatic N) is 3. The van der Waals surface area contributed by atoms with E-state index >= 15 is 0 Å². The van der Waals surface area contributed by atoms with Crippen molar-refractivity contribution in [3.05, 3.63) is 23.9 Å². The monoisotopic (exact) mass is 244 g/mol. The number of hydrogen-bond acceptors (Lipinski definition) is 3. The van der Waals surface area contributed by atoms with E-state index in [9.17, 15) is 0 Å². The molecule has 2 heterocycles. The lowest BCUT2D eigenvalue weighted by Gasteiger charge is -2.27. The van der Waals surface area contributed by atoms with Gasteiger partial charge >= 0.3 is 0 Å². The van der Waals surface area contributed by atoms with Crippen molar-refractivity contribution >= 4 is 11.6 Å². The first-order valence-electron chi connectivity index (χ1n) is 6.64. The first kappa shape index (κ1) is 11.5. The van der Waals surface area contributed by atoms with E-state index in [1.807, 2.05) is 16.8 Å². The van der Waals surface area contributed by atoms with Crippen LogP contribution < -0.4 is 5.32 Å². The number of fused-ring (bicyclic) bond motifs is 1. The molecule has 0 radical (unpaired) electrons. The highest BCUT2D eigenvalue weighted by Gasteiger charge is 2.34. The molecule has 1 atom stereocenters. The molecule has 1 N–H and O–H groups in total. The molecule has 0 spiro atoms. The summed E-state index contributed by atoms with van der Waals surface area (Å²) in [4.78, 5) is 4.54. The fourth-order valence-electron chi connectivity index (χ4n) is 2.79. The third kappa shape index (κ3) is 1.96. The standard InChI is InChI=1S/C14H20N4/c1-10-6-8-18-12(9-10)16-13(17-18)15-11-5-4-7-14(11,2)3/h6,8-9,11H,4-5,7H2,1-3H3,(H,15,17). The van der Waals surface area contributed by atoms with Crippen LogP contribution in [0.3, 0.4) is 0 Å². The molecular weight excluding hydrogens is 224 g/mol. The minimum atomic E-state index is 0.341. The molecule has 4 heteroatoms. The van der Waals surface area contributed by atoms with Crippen LogP contribution in [-0.2, 0) is 0 Å². The van der Waals surface area contributed by atoms with E-state index in [-0.39, 0.29) is 0 Å². The second kappa shape index (κ2) is 3.97. The van der Waals surface area contributed by atoms with E-state index in [2.05, 4.69) is 42.2 Å². The van der Waals surface area contributed by atoms with Gasteiger partial charge in [0.1, 0.15) is 0 Å². The molecule has 96 valence electrons. The Morgan fingerprint density at radius 1 is 1.44 bits per heavy atom. The summed E-state index contributed by atoms with van der Waals surface area (Å²) in [7, 11) is 0. The Bertz CT molecular complexity index is 570. The zero-order valence-corrected chi connectivity index (χ0v) is 11.3. The quantitative estimate of drug-likeness (QED) is 0.883. The lowest BCUT2D eigenvalue weighted by molar-refractivity contribution is 0.349. The highest BCUT2D eigenvalue weighted by atomic mass is 15.3. The Labute approximate surface area is 107 Å². The van der Waals surface area contributed by atoms with Gasteiger partial charge in [0.25, 0.3) is 0 Å². The van der Waals surface area contributed by atoms with Crippen LogP contribution in [0.15, 0.2) is 18.3 Å². The third-order valence-corrected chi connectivity index (χ3v) is 4.05. The van der Waals surface area contributed by atoms with E-state index in [1.165, 1.54) is 24.8 Å². The maximum Gasteiger partial charge on any atom is 0.243 e. The Balaban J connectivity index is 1.87. The van der Waals surface area contributed by atoms with Crippen molar-refractivity contribution in [2.45, 2.75) is 46.1 Å². The van der Waals surface area contributed by atoms with Crippen LogP contribution >= 0.6 is 0 Å². The lowest BCUT2D eigenvalue weighted by atomic mass is 9.87. The third-order valence-electron chi connectivity index (χ3n) is 4.05. The van der Waals surface area contributed by atoms with Crippen molar-refractivity contribution in [3.63, 3.8) is 0 Å². The average Bonchev–Trinajstić information content (AvgIpc) is 2.82. The highest BCUT2D eigenvalue weighted by Crippen LogP contribution is 2.38. The number of aromatic nitrogens is 3. The van der Waals surface area contributed by atoms with Gasteiger partial charge in [-0.2, -0.15) is 4.98 Å². The number of aryl methyl sites for hydroxylation is 1. The van der Waals surface area contributed by atoms with Gasteiger partial charge in [0.05, 0.1) is 0 Å². The van der Waals surface area contributed by atoms with Gasteiger partial charge in [0.15, 0.2) is 5.65 Å². The molecule has 0 saturated heterocycles. The highest BCUT2D eigenvalue weighted by molar-refractivity contribution is 5.45. The number of pyridine rings is 1. The summed E-state index contributed by atoms with van der Waals surface area (Å²) in [6, 6.07) is 4.58. The molecule has 1 aliphatic rings. The normalized spacial score (nSPS) is 22.5. The van der Waals surface area contributed by atoms with Gasteiger partial charge in [-0.3, -0.25) is 0 Å². The summed E-state index contributed by atoms with van der Waals surface area (Å²) < 4.78 is 1.83. The summed E-state index contributed by atoms with van der Waals surface area (Å²) in [5, 5.41) is 7.97. The fraction of sp³-hybridized carbons (Fsp3) is 0.571. The van der Waals surface area contributed by atoms with Gasteiger partial charge in [-0.15, -0.1) is 5.10 Å². The average molecular weight is 244 g/mol. The Kier molecular flexibility index (Phi) is 2.54. The SMILES string of the molecule is Cc1ccn2nc(NC3CCCC3(C)C)nc2c1. The molecule has 3 rings (SSSR count). The number of rotatable bonds is 2. The summed E-state index contributed by atoms with van der Waals surface area (Å²) in [6.07, 6.45) is 5.73. The van der Waals surface area contributed by atoms with Crippen LogP contribution in [0.2, 0.25) is 0 Å². The molecule has 4 nitrogen and oxygen atoms in total. The molecule has 18 heavy (non-hydrogen) atoms. The Morgan fingerprint density at radius 3 is 3.00 bits per heavy atom. The molecule has 1 unspecified atom stereocenters. The van der Waals surface area contributed by atoms with Crippen molar-refractivity contribution in [1.29, 1.82) is 0 Å². The molecule has 2 aromatic rings. The van der Waals surface area contributed by atoms with Gasteiger partial charge in [-0.05, 0) is 42.9 Å². The van der Waals surface area contributed by atoms with Gasteiger partial charge in [0.2, 0.25) is 5.95 Å². The molecule has 1 saturated carbocycles. The summed E-state index contributed by atoms with van der Waals surface area (Å²) in [5.74, 6) is 0.751. The second-order valence-electron chi connectivity index (χ2n) is 6.02. The van der Waals surface area contributed by atoms with Crippen LogP contribution in [0.4, 0.5) is 5.95 Å². The van der Waals surface area contributed by atoms with E-state index in [4.69, 9.17) is 0 Å². The smallest absolute Gasteiger partial charge is 0.243 e. The molecule has 2 aromatic heterocycles. The van der Waals surface area contributed by atoms with E-state index in [0.717, 1.165) is 11.6 Å². The van der Waals surface area contributed by atoms with Gasteiger partial charge in [-0.1, -0.05) is 20.3 Å². The van der Waals surface area contributed by atoms with Crippen molar-refractivity contribution in [2.24, 2.45) is 5.41 Å². The van der Waals surface area contributed by atoms with Gasteiger partial charge < -0.3 is 5.32 Å². The van der Waals surface area contributed by atoms with Crippen molar-refractivity contribution < 1.29 is 0 Å². The molecular formula is C14H20N4. The first-order chi connectivity index (χ1) is 8.54. The fourth-order valence-corrected chi connectivity index (χ4v) is 2.79. The first-order valence-corrected chi connectivity index (χ1v) is 6.64. The van der Waals surface area contributed by atoms with Crippen LogP contribution in [0.25, 0.3) is 5.65 Å². The molecule has 1 fully saturated rings. The molecule has 0 aliphatic heterocycles. The molecule has 1 aliphatic carbocycles. The van der Waals surface area contributed by atoms with Crippen molar-refractivity contribution in [1.82, 2.24) is 14.6 Å². The summed E-state index contributed by atoms with van der Waals surface area (Å²) in [5.41, 5.74) is 2.46. The Hall–Kier alpha value is -1.58. The van der Waals surface area contributed by atoms with E-state index in [1.54, 1.807) is 0 Å². The molecule has 0 bridgehead atoms. The maximum absolute atomic E-state index is 4.54. The minimum absolute atomic E-state index is 0.341. The van der Waals surface area contributed by atoms with Crippen molar-refractivity contribution in [3.8, 4) is 0 Å². The lowest BCUT2D eigenvalue weighted by Crippen LogP contribution is -2.31. The maximum atomic E-state index is 4.54. The number of anilines is 1. The van der Waals surface area contributed by atoms with Crippen LogP contribution in [0, 0.1) is 12.3 Å². The molecule has 0 aromatic carbocycles. The van der Waals surface area contributed by atoms with Gasteiger partial charge in [0, 0.05) is 12.2 Å². The van der Waals surface area contributed by atoms with E-state index in [0.29, 0.717) is 11.5 Å². The zero-order valence-electron chi connectivity index (χ0n) is 11.3. The zero-order chi connectivity index (χ0) is 12.8. The van der Waals surface area contributed by atoms with Gasteiger partial charge in [-0.25, -0.2) is 4.52 Å². The van der Waals surface area contributed by atoms with Crippen LogP contribution in [0.5, 0.6) is 0 Å². The Morgan fingerprint density at radius 2 is 2.28 bits per heavy atom. The largest absolute Gasteiger partial charge is 0.350 e. The van der Waals surface area contributed by atoms with Crippen LogP contribution in [0.1, 0.15) is 38.7 Å². The summed E-state index contributed by atoms with van der Waals surface area (Å²) in [6.45, 7) is 6.71. The predicted molar refractivity (Wildman–Crippen MR) is 72.8 cm³/mol. The van der Waals surface area contributed by atoms with Crippen molar-refractivity contribution in [2.75, 3.05) is 5.32 Å². The number of hydrogen-bond donors (Lipinski definition) is 1. The summed E-state index contributed by atoms with van der Waals surface area (Å²) >= 11 is 0. The number of nitrogens with one attached hydrogen (secondary N) is 1.